The number of carbonyl (C=O) groups excluding carboxylic acids is 1. The van der Waals surface area contributed by atoms with Crippen LogP contribution < -0.4 is 0 Å². The van der Waals surface area contributed by atoms with Crippen molar-refractivity contribution in [2.75, 3.05) is 5.75 Å². The summed E-state index contributed by atoms with van der Waals surface area (Å²) in [5.41, 5.74) is 4.70. The van der Waals surface area contributed by atoms with Crippen LogP contribution in [0.15, 0.2) is 23.2 Å². The van der Waals surface area contributed by atoms with Gasteiger partial charge in [-0.15, -0.1) is 0 Å². The Hall–Kier alpha value is -1.55. The fourth-order valence-electron chi connectivity index (χ4n) is 3.27. The standard InChI is InChI=1S/C20H28N2OS/c1-12(2)22(13(3)4)19(23)11-24-18-10-15(6)17-9-14(5)8-16(7)20(17)21-18/h8-10,12-13H,11H2,1-7H3. The van der Waals surface area contributed by atoms with Crippen LogP contribution in [0.3, 0.4) is 0 Å². The third-order valence-electron chi connectivity index (χ3n) is 4.18. The van der Waals surface area contributed by atoms with Gasteiger partial charge in [0.05, 0.1) is 16.3 Å². The Labute approximate surface area is 149 Å². The van der Waals surface area contributed by atoms with Crippen molar-refractivity contribution in [2.24, 2.45) is 0 Å². The van der Waals surface area contributed by atoms with Gasteiger partial charge in [-0.3, -0.25) is 4.79 Å². The van der Waals surface area contributed by atoms with Crippen LogP contribution in [0.2, 0.25) is 0 Å². The lowest BCUT2D eigenvalue weighted by Gasteiger charge is -2.30. The van der Waals surface area contributed by atoms with Crippen molar-refractivity contribution < 1.29 is 4.79 Å². The van der Waals surface area contributed by atoms with Gasteiger partial charge in [0, 0.05) is 17.5 Å². The molecule has 0 atom stereocenters. The number of amides is 1. The highest BCUT2D eigenvalue weighted by atomic mass is 32.2. The lowest BCUT2D eigenvalue weighted by atomic mass is 10.0. The van der Waals surface area contributed by atoms with E-state index >= 15 is 0 Å². The van der Waals surface area contributed by atoms with Gasteiger partial charge in [-0.25, -0.2) is 4.98 Å². The molecule has 3 nitrogen and oxygen atoms in total. The van der Waals surface area contributed by atoms with Crippen molar-refractivity contribution in [1.82, 2.24) is 9.88 Å². The summed E-state index contributed by atoms with van der Waals surface area (Å²) in [5.74, 6) is 0.601. The minimum Gasteiger partial charge on any atom is -0.337 e. The Kier molecular flexibility index (Phi) is 5.92. The van der Waals surface area contributed by atoms with Crippen LogP contribution in [0, 0.1) is 20.8 Å². The topological polar surface area (TPSA) is 33.2 Å². The molecule has 2 aromatic rings. The number of pyridine rings is 1. The molecule has 1 heterocycles. The normalized spacial score (nSPS) is 11.5. The van der Waals surface area contributed by atoms with Gasteiger partial charge < -0.3 is 4.90 Å². The highest BCUT2D eigenvalue weighted by molar-refractivity contribution is 7.99. The molecule has 1 aromatic carbocycles. The first-order valence-electron chi connectivity index (χ1n) is 8.53. The number of benzene rings is 1. The number of fused-ring (bicyclic) bond motifs is 1. The van der Waals surface area contributed by atoms with Gasteiger partial charge in [-0.05, 0) is 71.7 Å². The number of hydrogen-bond acceptors (Lipinski definition) is 3. The highest BCUT2D eigenvalue weighted by Gasteiger charge is 2.20. The van der Waals surface area contributed by atoms with E-state index in [-0.39, 0.29) is 18.0 Å². The highest BCUT2D eigenvalue weighted by Crippen LogP contribution is 2.27. The van der Waals surface area contributed by atoms with Crippen LogP contribution in [-0.4, -0.2) is 33.6 Å². The molecule has 0 N–H and O–H groups in total. The van der Waals surface area contributed by atoms with Crippen molar-refractivity contribution >= 4 is 28.6 Å². The molecule has 0 fully saturated rings. The quantitative estimate of drug-likeness (QED) is 0.724. The first kappa shape index (κ1) is 18.8. The van der Waals surface area contributed by atoms with Crippen molar-refractivity contribution in [1.29, 1.82) is 0 Å². The van der Waals surface area contributed by atoms with E-state index in [4.69, 9.17) is 4.98 Å². The third-order valence-corrected chi connectivity index (χ3v) is 5.07. The number of rotatable bonds is 5. The number of carbonyl (C=O) groups is 1. The predicted octanol–water partition coefficient (Wildman–Crippen LogP) is 4.90. The molecule has 0 radical (unpaired) electrons. The smallest absolute Gasteiger partial charge is 0.233 e. The van der Waals surface area contributed by atoms with Gasteiger partial charge in [0.15, 0.2) is 0 Å². The zero-order valence-electron chi connectivity index (χ0n) is 15.8. The maximum Gasteiger partial charge on any atom is 0.233 e. The van der Waals surface area contributed by atoms with Gasteiger partial charge in [0.2, 0.25) is 5.91 Å². The fourth-order valence-corrected chi connectivity index (χ4v) is 4.11. The van der Waals surface area contributed by atoms with E-state index in [1.807, 2.05) is 4.90 Å². The van der Waals surface area contributed by atoms with Gasteiger partial charge in [0.1, 0.15) is 0 Å². The maximum atomic E-state index is 12.5. The summed E-state index contributed by atoms with van der Waals surface area (Å²) in [4.78, 5) is 19.3. The molecule has 0 aliphatic heterocycles. The molecule has 0 saturated heterocycles. The molecule has 4 heteroatoms. The average molecular weight is 345 g/mol. The Balaban J connectivity index is 2.23. The lowest BCUT2D eigenvalue weighted by Crippen LogP contribution is -2.43. The molecular formula is C20H28N2OS. The van der Waals surface area contributed by atoms with Crippen molar-refractivity contribution in [3.05, 3.63) is 34.9 Å². The van der Waals surface area contributed by atoms with Gasteiger partial charge in [-0.2, -0.15) is 0 Å². The minimum atomic E-state index is 0.171. The van der Waals surface area contributed by atoms with Crippen LogP contribution in [0.25, 0.3) is 10.9 Å². The summed E-state index contributed by atoms with van der Waals surface area (Å²) in [7, 11) is 0. The molecule has 0 bridgehead atoms. The molecule has 130 valence electrons. The van der Waals surface area contributed by atoms with E-state index in [9.17, 15) is 4.79 Å². The lowest BCUT2D eigenvalue weighted by molar-refractivity contribution is -0.131. The predicted molar refractivity (Wildman–Crippen MR) is 104 cm³/mol. The second kappa shape index (κ2) is 7.56. The number of thioether (sulfide) groups is 1. The Morgan fingerprint density at radius 1 is 1.04 bits per heavy atom. The van der Waals surface area contributed by atoms with E-state index in [0.717, 1.165) is 10.5 Å². The molecule has 0 aliphatic rings. The van der Waals surface area contributed by atoms with Crippen LogP contribution in [-0.2, 0) is 4.79 Å². The first-order valence-corrected chi connectivity index (χ1v) is 9.51. The summed E-state index contributed by atoms with van der Waals surface area (Å²) in [6.45, 7) is 14.6. The van der Waals surface area contributed by atoms with E-state index in [1.165, 1.54) is 33.8 Å². The zero-order chi connectivity index (χ0) is 18.0. The largest absolute Gasteiger partial charge is 0.337 e. The first-order chi connectivity index (χ1) is 11.2. The minimum absolute atomic E-state index is 0.171. The van der Waals surface area contributed by atoms with E-state index < -0.39 is 0 Å². The number of hydrogen-bond donors (Lipinski definition) is 0. The molecule has 0 spiro atoms. The molecule has 0 saturated carbocycles. The van der Waals surface area contributed by atoms with Crippen molar-refractivity contribution in [3.63, 3.8) is 0 Å². The summed E-state index contributed by atoms with van der Waals surface area (Å²) >= 11 is 1.53. The monoisotopic (exact) mass is 344 g/mol. The van der Waals surface area contributed by atoms with Crippen LogP contribution >= 0.6 is 11.8 Å². The second-order valence-electron chi connectivity index (χ2n) is 7.03. The Morgan fingerprint density at radius 2 is 1.67 bits per heavy atom. The van der Waals surface area contributed by atoms with Gasteiger partial charge in [0.25, 0.3) is 0 Å². The summed E-state index contributed by atoms with van der Waals surface area (Å²) < 4.78 is 0. The summed E-state index contributed by atoms with van der Waals surface area (Å²) in [6, 6.07) is 6.87. The van der Waals surface area contributed by atoms with Gasteiger partial charge >= 0.3 is 0 Å². The molecule has 24 heavy (non-hydrogen) atoms. The Morgan fingerprint density at radius 3 is 2.25 bits per heavy atom. The van der Waals surface area contributed by atoms with Crippen molar-refractivity contribution in [3.8, 4) is 0 Å². The van der Waals surface area contributed by atoms with E-state index in [0.29, 0.717) is 5.75 Å². The number of aromatic nitrogens is 1. The molecule has 2 rings (SSSR count). The third kappa shape index (κ3) is 4.10. The zero-order valence-corrected chi connectivity index (χ0v) is 16.6. The number of nitrogens with zero attached hydrogens (tertiary/aromatic N) is 2. The summed E-state index contributed by atoms with van der Waals surface area (Å²) in [5, 5.41) is 2.13. The summed E-state index contributed by atoms with van der Waals surface area (Å²) in [6.07, 6.45) is 0. The van der Waals surface area contributed by atoms with Crippen LogP contribution in [0.5, 0.6) is 0 Å². The molecule has 1 aromatic heterocycles. The number of aryl methyl sites for hydroxylation is 3. The second-order valence-corrected chi connectivity index (χ2v) is 8.03. The van der Waals surface area contributed by atoms with Crippen molar-refractivity contribution in [2.45, 2.75) is 65.6 Å². The Bertz CT molecular complexity index is 745. The molecule has 1 amide bonds. The maximum absolute atomic E-state index is 12.5. The molecule has 0 aliphatic carbocycles. The van der Waals surface area contributed by atoms with Crippen LogP contribution in [0.4, 0.5) is 0 Å². The van der Waals surface area contributed by atoms with E-state index in [1.54, 1.807) is 0 Å². The fraction of sp³-hybridized carbons (Fsp3) is 0.500. The average Bonchev–Trinajstić information content (AvgIpc) is 2.45. The van der Waals surface area contributed by atoms with E-state index in [2.05, 4.69) is 66.7 Å². The molecule has 0 unspecified atom stereocenters. The molecular weight excluding hydrogens is 316 g/mol. The van der Waals surface area contributed by atoms with Gasteiger partial charge in [-0.1, -0.05) is 23.4 Å². The SMILES string of the molecule is Cc1cc(C)c2nc(SCC(=O)N(C(C)C)C(C)C)cc(C)c2c1. The van der Waals surface area contributed by atoms with Crippen LogP contribution in [0.1, 0.15) is 44.4 Å².